The molecular formula is C36H38F3N7O3. The number of carbonyl (C=O) groups excluding carboxylic acids is 2. The Kier molecular flexibility index (Phi) is 10.1. The molecule has 1 unspecified atom stereocenters. The van der Waals surface area contributed by atoms with Gasteiger partial charge < -0.3 is 19.1 Å². The van der Waals surface area contributed by atoms with E-state index in [1.165, 1.54) is 7.11 Å². The third-order valence-electron chi connectivity index (χ3n) is 9.22. The van der Waals surface area contributed by atoms with Crippen LogP contribution in [0.3, 0.4) is 0 Å². The Morgan fingerprint density at radius 1 is 1.04 bits per heavy atom. The summed E-state index contributed by atoms with van der Waals surface area (Å²) in [6.07, 6.45) is -1.07. The number of ether oxygens (including phenoxy) is 1. The fourth-order valence-electron chi connectivity index (χ4n) is 6.63. The van der Waals surface area contributed by atoms with Crippen molar-refractivity contribution in [3.05, 3.63) is 95.9 Å². The second-order valence-corrected chi connectivity index (χ2v) is 12.5. The van der Waals surface area contributed by atoms with Crippen molar-refractivity contribution in [1.29, 1.82) is 0 Å². The van der Waals surface area contributed by atoms with Gasteiger partial charge in [0.15, 0.2) is 5.82 Å². The largest absolute Gasteiger partial charge is 0.496 e. The van der Waals surface area contributed by atoms with Crippen molar-refractivity contribution in [3.8, 4) is 17.0 Å². The van der Waals surface area contributed by atoms with Gasteiger partial charge in [-0.1, -0.05) is 42.5 Å². The molecule has 1 N–H and O–H groups in total. The number of rotatable bonds is 12. The number of likely N-dealkylation sites (tertiary alicyclic amines) is 1. The monoisotopic (exact) mass is 673 g/mol. The van der Waals surface area contributed by atoms with Gasteiger partial charge in [0.25, 0.3) is 5.91 Å². The van der Waals surface area contributed by atoms with Gasteiger partial charge in [0.1, 0.15) is 18.0 Å². The number of fused-ring (bicyclic) bond motifs is 1. The van der Waals surface area contributed by atoms with Crippen molar-refractivity contribution in [2.45, 2.75) is 37.9 Å². The van der Waals surface area contributed by atoms with Crippen LogP contribution in [0.15, 0.2) is 79.0 Å². The molecule has 3 aromatic carbocycles. The molecule has 49 heavy (non-hydrogen) atoms. The maximum atomic E-state index is 13.8. The molecule has 1 amide bonds. The van der Waals surface area contributed by atoms with Crippen LogP contribution < -0.4 is 4.74 Å². The van der Waals surface area contributed by atoms with E-state index in [-0.39, 0.29) is 23.4 Å². The Labute approximate surface area is 281 Å². The molecule has 1 fully saturated rings. The molecule has 3 heterocycles. The smallest absolute Gasteiger partial charge is 0.406 e. The summed E-state index contributed by atoms with van der Waals surface area (Å²) >= 11 is 0. The summed E-state index contributed by atoms with van der Waals surface area (Å²) in [7, 11) is 3.31. The molecule has 0 radical (unpaired) electrons. The Bertz CT molecular complexity index is 1890. The molecule has 1 aliphatic heterocycles. The molecule has 10 nitrogen and oxygen atoms in total. The van der Waals surface area contributed by atoms with Crippen LogP contribution in [0.25, 0.3) is 22.3 Å². The van der Waals surface area contributed by atoms with Crippen LogP contribution in [-0.2, 0) is 6.54 Å². The fourth-order valence-corrected chi connectivity index (χ4v) is 6.63. The van der Waals surface area contributed by atoms with E-state index in [0.29, 0.717) is 60.5 Å². The lowest BCUT2D eigenvalue weighted by Crippen LogP contribution is -2.39. The van der Waals surface area contributed by atoms with Gasteiger partial charge in [-0.15, -0.1) is 0 Å². The van der Waals surface area contributed by atoms with Crippen molar-refractivity contribution in [3.63, 3.8) is 0 Å². The van der Waals surface area contributed by atoms with E-state index in [1.54, 1.807) is 54.5 Å². The van der Waals surface area contributed by atoms with Crippen molar-refractivity contribution < 1.29 is 27.5 Å². The number of methoxy groups -OCH3 is 1. The zero-order chi connectivity index (χ0) is 34.5. The number of para-hydroxylation sites is 2. The summed E-state index contributed by atoms with van der Waals surface area (Å²) in [5, 5.41) is 10.6. The van der Waals surface area contributed by atoms with Gasteiger partial charge in [-0.05, 0) is 74.8 Å². The highest BCUT2D eigenvalue weighted by Gasteiger charge is 2.35. The van der Waals surface area contributed by atoms with E-state index < -0.39 is 18.6 Å². The average molecular weight is 674 g/mol. The number of H-pyrrole nitrogens is 1. The number of nitrogens with zero attached hydrogens (tertiary/aromatic N) is 6. The van der Waals surface area contributed by atoms with Crippen LogP contribution in [0.2, 0.25) is 0 Å². The molecule has 13 heteroatoms. The number of halogens is 3. The number of piperidine rings is 1. The summed E-state index contributed by atoms with van der Waals surface area (Å²) < 4.78 is 46.9. The van der Waals surface area contributed by atoms with Crippen molar-refractivity contribution in [2.24, 2.45) is 5.92 Å². The van der Waals surface area contributed by atoms with Gasteiger partial charge in [0.05, 0.1) is 29.9 Å². The predicted molar refractivity (Wildman–Crippen MR) is 178 cm³/mol. The first-order valence-electron chi connectivity index (χ1n) is 16.2. The number of hydrogen-bond donors (Lipinski definition) is 1. The molecule has 1 atom stereocenters. The maximum Gasteiger partial charge on any atom is 0.406 e. The molecule has 256 valence electrons. The van der Waals surface area contributed by atoms with Crippen LogP contribution >= 0.6 is 0 Å². The fraction of sp³-hybridized carbons (Fsp3) is 0.361. The summed E-state index contributed by atoms with van der Waals surface area (Å²) in [6, 6.07) is 21.9. The van der Waals surface area contributed by atoms with Crippen LogP contribution in [0, 0.1) is 5.92 Å². The minimum atomic E-state index is -4.48. The highest BCUT2D eigenvalue weighted by Crippen LogP contribution is 2.30. The summed E-state index contributed by atoms with van der Waals surface area (Å²) in [6.45, 7) is 1.21. The molecule has 0 bridgehead atoms. The molecular weight excluding hydrogens is 635 g/mol. The third kappa shape index (κ3) is 7.83. The zero-order valence-electron chi connectivity index (χ0n) is 27.4. The number of likely N-dealkylation sites (N-methyl/N-ethyl adjacent to an activating group) is 1. The molecule has 1 aliphatic rings. The number of aromatic nitrogens is 5. The van der Waals surface area contributed by atoms with Gasteiger partial charge in [0, 0.05) is 31.0 Å². The normalized spacial score (nSPS) is 15.0. The van der Waals surface area contributed by atoms with Crippen molar-refractivity contribution in [1.82, 2.24) is 34.8 Å². The predicted octanol–water partition coefficient (Wildman–Crippen LogP) is 6.23. The molecule has 5 aromatic rings. The highest BCUT2D eigenvalue weighted by atomic mass is 19.4. The SMILES string of the molecule is COc1ccc(-c2cn[nH]n2)cc1C(=O)N(C)CC(CCN1CCC(C(=O)c2nc3ccccc3n2CC(F)(F)F)CC1)c1ccccc1. The van der Waals surface area contributed by atoms with E-state index in [0.717, 1.165) is 28.7 Å². The minimum Gasteiger partial charge on any atom is -0.496 e. The minimum absolute atomic E-state index is 0.0292. The molecule has 0 spiro atoms. The van der Waals surface area contributed by atoms with Crippen molar-refractivity contribution >= 4 is 22.7 Å². The second-order valence-electron chi connectivity index (χ2n) is 12.5. The number of benzene rings is 3. The lowest BCUT2D eigenvalue weighted by Gasteiger charge is -2.33. The lowest BCUT2D eigenvalue weighted by molar-refractivity contribution is -0.140. The topological polar surface area (TPSA) is 109 Å². The third-order valence-corrected chi connectivity index (χ3v) is 9.22. The molecule has 0 aliphatic carbocycles. The van der Waals surface area contributed by atoms with Crippen LogP contribution in [0.5, 0.6) is 5.75 Å². The van der Waals surface area contributed by atoms with Crippen LogP contribution in [0.4, 0.5) is 13.2 Å². The first kappa shape index (κ1) is 33.8. The standard InChI is InChI=1S/C36H38F3N7O3/c1-44(35(48)28-20-26(12-13-32(28)49-2)30-21-40-43-42-30)22-27(24-8-4-3-5-9-24)16-19-45-17-14-25(15-18-45)33(47)34-41-29-10-6-7-11-31(29)46(34)23-36(37,38)39/h3-13,20-21,25,27H,14-19,22-23H2,1-2H3,(H,40,42,43). The van der Waals surface area contributed by atoms with E-state index >= 15 is 0 Å². The van der Waals surface area contributed by atoms with E-state index in [1.807, 2.05) is 24.3 Å². The number of carbonyl (C=O) groups is 2. The Morgan fingerprint density at radius 3 is 2.47 bits per heavy atom. The molecule has 0 saturated carbocycles. The summed E-state index contributed by atoms with van der Waals surface area (Å²) in [5.74, 6) is -0.563. The number of ketones is 1. The summed E-state index contributed by atoms with van der Waals surface area (Å²) in [5.41, 5.74) is 3.57. The Balaban J connectivity index is 1.11. The van der Waals surface area contributed by atoms with Gasteiger partial charge >= 0.3 is 6.18 Å². The Morgan fingerprint density at radius 2 is 1.78 bits per heavy atom. The maximum absolute atomic E-state index is 13.8. The number of imidazole rings is 1. The van der Waals surface area contributed by atoms with Crippen LogP contribution in [0.1, 0.15) is 51.7 Å². The number of nitrogens with one attached hydrogen (secondary N) is 1. The first-order valence-corrected chi connectivity index (χ1v) is 16.2. The lowest BCUT2D eigenvalue weighted by atomic mass is 9.90. The van der Waals surface area contributed by atoms with E-state index in [4.69, 9.17) is 4.74 Å². The number of aromatic amines is 1. The zero-order valence-corrected chi connectivity index (χ0v) is 27.4. The number of amides is 1. The number of alkyl halides is 3. The highest BCUT2D eigenvalue weighted by molar-refractivity contribution is 5.98. The Hall–Kier alpha value is -5.04. The van der Waals surface area contributed by atoms with E-state index in [9.17, 15) is 22.8 Å². The second kappa shape index (κ2) is 14.6. The molecule has 1 saturated heterocycles. The molecule has 2 aromatic heterocycles. The van der Waals surface area contributed by atoms with Crippen LogP contribution in [-0.4, -0.2) is 93.0 Å². The van der Waals surface area contributed by atoms with Gasteiger partial charge in [-0.2, -0.15) is 28.6 Å². The van der Waals surface area contributed by atoms with Gasteiger partial charge in [-0.3, -0.25) is 9.59 Å². The summed E-state index contributed by atoms with van der Waals surface area (Å²) in [4.78, 5) is 35.6. The van der Waals surface area contributed by atoms with E-state index in [2.05, 4.69) is 37.4 Å². The van der Waals surface area contributed by atoms with Gasteiger partial charge in [-0.25, -0.2) is 4.98 Å². The molecule has 6 rings (SSSR count). The number of hydrogen-bond acceptors (Lipinski definition) is 7. The van der Waals surface area contributed by atoms with Gasteiger partial charge in [0.2, 0.25) is 5.78 Å². The number of Topliss-reactive ketones (excluding diaryl/α,β-unsaturated/α-hetero) is 1. The first-order chi connectivity index (χ1) is 23.6. The average Bonchev–Trinajstić information content (AvgIpc) is 3.78. The quantitative estimate of drug-likeness (QED) is 0.156. The van der Waals surface area contributed by atoms with Crippen molar-refractivity contribution in [2.75, 3.05) is 40.3 Å².